The summed E-state index contributed by atoms with van der Waals surface area (Å²) in [5, 5.41) is 10.5. The predicted octanol–water partition coefficient (Wildman–Crippen LogP) is 3.14. The van der Waals surface area contributed by atoms with Crippen LogP contribution in [0.5, 0.6) is 0 Å². The SMILES string of the molecule is CCC(C)(C)C(=O)Cc1ccc([N+](=O)[O-])cc1. The maximum absolute atomic E-state index is 12.0. The minimum absolute atomic E-state index is 0.0518. The number of nitro groups is 1. The lowest BCUT2D eigenvalue weighted by Gasteiger charge is -2.20. The highest BCUT2D eigenvalue weighted by molar-refractivity contribution is 5.86. The highest BCUT2D eigenvalue weighted by Gasteiger charge is 2.24. The zero-order valence-corrected chi connectivity index (χ0v) is 10.4. The summed E-state index contributed by atoms with van der Waals surface area (Å²) in [5.41, 5.74) is 0.542. The number of rotatable bonds is 5. The molecule has 0 unspecified atom stereocenters. The molecule has 0 N–H and O–H groups in total. The van der Waals surface area contributed by atoms with Crippen LogP contribution in [-0.2, 0) is 11.2 Å². The Hall–Kier alpha value is -1.71. The summed E-state index contributed by atoms with van der Waals surface area (Å²) >= 11 is 0. The maximum atomic E-state index is 12.0. The molecule has 0 amide bonds. The molecule has 0 saturated heterocycles. The highest BCUT2D eigenvalue weighted by atomic mass is 16.6. The van der Waals surface area contributed by atoms with Crippen molar-refractivity contribution in [3.05, 3.63) is 39.9 Å². The smallest absolute Gasteiger partial charge is 0.269 e. The van der Waals surface area contributed by atoms with Crippen LogP contribution in [0.15, 0.2) is 24.3 Å². The van der Waals surface area contributed by atoms with Gasteiger partial charge in [0.05, 0.1) is 4.92 Å². The number of Topliss-reactive ketones (excluding diaryl/α,β-unsaturated/α-hetero) is 1. The van der Waals surface area contributed by atoms with Crippen molar-refractivity contribution >= 4 is 11.5 Å². The molecule has 0 radical (unpaired) electrons. The predicted molar refractivity (Wildman–Crippen MR) is 65.9 cm³/mol. The fraction of sp³-hybridized carbons (Fsp3) is 0.462. The first-order valence-corrected chi connectivity index (χ1v) is 5.63. The number of nitrogens with zero attached hydrogens (tertiary/aromatic N) is 1. The van der Waals surface area contributed by atoms with E-state index in [1.165, 1.54) is 12.1 Å². The van der Waals surface area contributed by atoms with Crippen LogP contribution in [0.4, 0.5) is 5.69 Å². The van der Waals surface area contributed by atoms with Crippen molar-refractivity contribution in [1.29, 1.82) is 0 Å². The molecular formula is C13H17NO3. The molecular weight excluding hydrogens is 218 g/mol. The summed E-state index contributed by atoms with van der Waals surface area (Å²) in [6.07, 6.45) is 1.12. The second-order valence-corrected chi connectivity index (χ2v) is 4.76. The number of carbonyl (C=O) groups excluding carboxylic acids is 1. The van der Waals surface area contributed by atoms with Crippen molar-refractivity contribution < 1.29 is 9.72 Å². The van der Waals surface area contributed by atoms with Gasteiger partial charge in [-0.05, 0) is 12.0 Å². The minimum atomic E-state index is -0.443. The van der Waals surface area contributed by atoms with E-state index in [1.54, 1.807) is 12.1 Å². The fourth-order valence-electron chi connectivity index (χ4n) is 1.36. The monoisotopic (exact) mass is 235 g/mol. The van der Waals surface area contributed by atoms with Gasteiger partial charge in [-0.3, -0.25) is 14.9 Å². The Morgan fingerprint density at radius 2 is 1.82 bits per heavy atom. The first kappa shape index (κ1) is 13.4. The standard InChI is InChI=1S/C13H17NO3/c1-4-13(2,3)12(15)9-10-5-7-11(8-6-10)14(16)17/h5-8H,4,9H2,1-3H3. The molecule has 0 aliphatic heterocycles. The van der Waals surface area contributed by atoms with Crippen LogP contribution < -0.4 is 0 Å². The lowest BCUT2D eigenvalue weighted by molar-refractivity contribution is -0.384. The van der Waals surface area contributed by atoms with E-state index in [4.69, 9.17) is 0 Å². The molecule has 17 heavy (non-hydrogen) atoms. The van der Waals surface area contributed by atoms with Crippen LogP contribution in [0.1, 0.15) is 32.8 Å². The first-order valence-electron chi connectivity index (χ1n) is 5.63. The van der Waals surface area contributed by atoms with E-state index in [0.29, 0.717) is 6.42 Å². The van der Waals surface area contributed by atoms with E-state index in [-0.39, 0.29) is 16.9 Å². The molecule has 4 nitrogen and oxygen atoms in total. The Labute approximate surface area is 101 Å². The van der Waals surface area contributed by atoms with E-state index in [1.807, 2.05) is 20.8 Å². The molecule has 1 aromatic rings. The largest absolute Gasteiger partial charge is 0.299 e. The molecule has 0 bridgehead atoms. The van der Waals surface area contributed by atoms with Gasteiger partial charge < -0.3 is 0 Å². The first-order chi connectivity index (χ1) is 7.86. The highest BCUT2D eigenvalue weighted by Crippen LogP contribution is 2.23. The van der Waals surface area contributed by atoms with Gasteiger partial charge in [0.25, 0.3) is 5.69 Å². The molecule has 0 saturated carbocycles. The van der Waals surface area contributed by atoms with E-state index in [9.17, 15) is 14.9 Å². The van der Waals surface area contributed by atoms with E-state index in [0.717, 1.165) is 12.0 Å². The second kappa shape index (κ2) is 5.08. The maximum Gasteiger partial charge on any atom is 0.269 e. The number of ketones is 1. The lowest BCUT2D eigenvalue weighted by Crippen LogP contribution is -2.24. The van der Waals surface area contributed by atoms with Gasteiger partial charge in [-0.15, -0.1) is 0 Å². The number of carbonyl (C=O) groups is 1. The molecule has 0 atom stereocenters. The summed E-state index contributed by atoms with van der Waals surface area (Å²) in [7, 11) is 0. The number of non-ortho nitro benzene ring substituents is 1. The van der Waals surface area contributed by atoms with Crippen LogP contribution in [0.2, 0.25) is 0 Å². The van der Waals surface area contributed by atoms with Crippen LogP contribution in [0.3, 0.4) is 0 Å². The zero-order valence-electron chi connectivity index (χ0n) is 10.4. The second-order valence-electron chi connectivity index (χ2n) is 4.76. The van der Waals surface area contributed by atoms with Crippen molar-refractivity contribution in [3.63, 3.8) is 0 Å². The minimum Gasteiger partial charge on any atom is -0.299 e. The summed E-state index contributed by atoms with van der Waals surface area (Å²) < 4.78 is 0. The topological polar surface area (TPSA) is 60.2 Å². The van der Waals surface area contributed by atoms with Crippen molar-refractivity contribution in [2.75, 3.05) is 0 Å². The molecule has 0 aliphatic carbocycles. The lowest BCUT2D eigenvalue weighted by atomic mass is 9.82. The Bertz CT molecular complexity index is 421. The fourth-order valence-corrected chi connectivity index (χ4v) is 1.36. The molecule has 0 heterocycles. The van der Waals surface area contributed by atoms with Gasteiger partial charge in [0.1, 0.15) is 5.78 Å². The number of benzene rings is 1. The van der Waals surface area contributed by atoms with Crippen molar-refractivity contribution in [1.82, 2.24) is 0 Å². The van der Waals surface area contributed by atoms with Gasteiger partial charge in [0.2, 0.25) is 0 Å². The molecule has 1 rings (SSSR count). The Morgan fingerprint density at radius 1 is 1.29 bits per heavy atom. The quantitative estimate of drug-likeness (QED) is 0.581. The van der Waals surface area contributed by atoms with Gasteiger partial charge in [-0.2, -0.15) is 0 Å². The van der Waals surface area contributed by atoms with Crippen molar-refractivity contribution in [3.8, 4) is 0 Å². The number of hydrogen-bond donors (Lipinski definition) is 0. The van der Waals surface area contributed by atoms with Gasteiger partial charge in [0.15, 0.2) is 0 Å². The van der Waals surface area contributed by atoms with Crippen molar-refractivity contribution in [2.24, 2.45) is 5.41 Å². The third kappa shape index (κ3) is 3.37. The third-order valence-corrected chi connectivity index (χ3v) is 3.15. The average molecular weight is 235 g/mol. The molecule has 1 aromatic carbocycles. The number of nitro benzene ring substituents is 1. The molecule has 0 fully saturated rings. The van der Waals surface area contributed by atoms with Crippen LogP contribution in [0.25, 0.3) is 0 Å². The number of hydrogen-bond acceptors (Lipinski definition) is 3. The van der Waals surface area contributed by atoms with Gasteiger partial charge in [0, 0.05) is 24.0 Å². The summed E-state index contributed by atoms with van der Waals surface area (Å²) in [6, 6.07) is 6.15. The Morgan fingerprint density at radius 3 is 2.24 bits per heavy atom. The average Bonchev–Trinajstić information content (AvgIpc) is 2.29. The summed E-state index contributed by atoms with van der Waals surface area (Å²) in [6.45, 7) is 5.81. The Kier molecular flexibility index (Phi) is 3.99. The van der Waals surface area contributed by atoms with E-state index >= 15 is 0 Å². The van der Waals surface area contributed by atoms with Crippen LogP contribution in [0, 0.1) is 15.5 Å². The molecule has 0 aliphatic rings. The molecule has 92 valence electrons. The molecule has 0 aromatic heterocycles. The zero-order chi connectivity index (χ0) is 13.1. The van der Waals surface area contributed by atoms with Crippen LogP contribution in [-0.4, -0.2) is 10.7 Å². The van der Waals surface area contributed by atoms with E-state index in [2.05, 4.69) is 0 Å². The van der Waals surface area contributed by atoms with E-state index < -0.39 is 4.92 Å². The van der Waals surface area contributed by atoms with Gasteiger partial charge in [-0.1, -0.05) is 32.9 Å². The van der Waals surface area contributed by atoms with Gasteiger partial charge in [-0.25, -0.2) is 0 Å². The normalized spacial score (nSPS) is 11.2. The van der Waals surface area contributed by atoms with Crippen LogP contribution >= 0.6 is 0 Å². The molecule has 0 spiro atoms. The molecule has 4 heteroatoms. The van der Waals surface area contributed by atoms with Crippen molar-refractivity contribution in [2.45, 2.75) is 33.6 Å². The third-order valence-electron chi connectivity index (χ3n) is 3.15. The summed E-state index contributed by atoms with van der Waals surface area (Å²) in [4.78, 5) is 22.0. The van der Waals surface area contributed by atoms with Gasteiger partial charge >= 0.3 is 0 Å². The Balaban J connectivity index is 2.76. The summed E-state index contributed by atoms with van der Waals surface area (Å²) in [5.74, 6) is 0.161.